The van der Waals surface area contributed by atoms with Crippen molar-refractivity contribution in [3.63, 3.8) is 0 Å². The van der Waals surface area contributed by atoms with Crippen molar-refractivity contribution in [3.05, 3.63) is 96.1 Å². The van der Waals surface area contributed by atoms with Crippen molar-refractivity contribution in [2.75, 3.05) is 0 Å². The highest BCUT2D eigenvalue weighted by atomic mass is 15.0. The smallest absolute Gasteiger partial charge is 0.179 e. The number of aryl methyl sites for hydroxylation is 4. The standard InChI is InChI=1S/C30H36N4.CH4/c1-22(21-34-25(4)19-30(20-26(34)5)28-10-14-32-15-11-28)7-6-16-33-23(2)17-29(18-24(33)3)27-8-12-31-13-9-27;/h8-15,17-20,22H,6-7,16,21H2,1-5H3;1H4/q+2;. The first-order chi connectivity index (χ1) is 16.4. The van der Waals surface area contributed by atoms with E-state index in [-0.39, 0.29) is 7.43 Å². The van der Waals surface area contributed by atoms with Gasteiger partial charge in [-0.2, -0.15) is 4.57 Å². The van der Waals surface area contributed by atoms with Crippen LogP contribution in [0, 0.1) is 33.6 Å². The molecule has 0 saturated heterocycles. The molecule has 0 fully saturated rings. The summed E-state index contributed by atoms with van der Waals surface area (Å²) in [6.45, 7) is 13.4. The fourth-order valence-electron chi connectivity index (χ4n) is 4.92. The van der Waals surface area contributed by atoms with E-state index >= 15 is 0 Å². The zero-order chi connectivity index (χ0) is 24.1. The first-order valence-electron chi connectivity index (χ1n) is 12.3. The Balaban J connectivity index is 0.00000342. The van der Waals surface area contributed by atoms with E-state index in [4.69, 9.17) is 0 Å². The van der Waals surface area contributed by atoms with E-state index in [0.717, 1.165) is 13.1 Å². The molecule has 0 spiro atoms. The van der Waals surface area contributed by atoms with E-state index in [0.29, 0.717) is 5.92 Å². The molecule has 0 aliphatic carbocycles. The summed E-state index contributed by atoms with van der Waals surface area (Å²) in [5.74, 6) is 0.617. The van der Waals surface area contributed by atoms with Gasteiger partial charge >= 0.3 is 0 Å². The van der Waals surface area contributed by atoms with E-state index in [1.807, 2.05) is 24.8 Å². The van der Waals surface area contributed by atoms with Gasteiger partial charge in [-0.15, -0.1) is 0 Å². The zero-order valence-electron chi connectivity index (χ0n) is 21.1. The van der Waals surface area contributed by atoms with E-state index < -0.39 is 0 Å². The van der Waals surface area contributed by atoms with E-state index in [1.54, 1.807) is 0 Å². The summed E-state index contributed by atoms with van der Waals surface area (Å²) >= 11 is 0. The van der Waals surface area contributed by atoms with Crippen LogP contribution in [-0.2, 0) is 13.1 Å². The minimum atomic E-state index is 0. The molecule has 0 saturated carbocycles. The van der Waals surface area contributed by atoms with Crippen molar-refractivity contribution >= 4 is 0 Å². The lowest BCUT2D eigenvalue weighted by Gasteiger charge is -2.13. The van der Waals surface area contributed by atoms with Crippen molar-refractivity contribution in [1.29, 1.82) is 0 Å². The lowest BCUT2D eigenvalue weighted by Crippen LogP contribution is -2.43. The number of hydrogen-bond acceptors (Lipinski definition) is 2. The second-order valence-corrected chi connectivity index (χ2v) is 9.53. The van der Waals surface area contributed by atoms with Crippen LogP contribution in [-0.4, -0.2) is 9.97 Å². The predicted octanol–water partition coefficient (Wildman–Crippen LogP) is 6.37. The summed E-state index contributed by atoms with van der Waals surface area (Å²) in [5.41, 5.74) is 10.2. The molecule has 1 atom stereocenters. The number of pyridine rings is 4. The SMILES string of the molecule is C.Cc1cc(-c2ccncc2)cc(C)[n+]1CCCC(C)C[n+]1c(C)cc(-c2ccncc2)cc1C. The average molecular weight is 469 g/mol. The van der Waals surface area contributed by atoms with E-state index in [9.17, 15) is 0 Å². The number of aromatic nitrogens is 4. The number of hydrogen-bond donors (Lipinski definition) is 0. The summed E-state index contributed by atoms with van der Waals surface area (Å²) in [4.78, 5) is 8.28. The van der Waals surface area contributed by atoms with Gasteiger partial charge in [-0.3, -0.25) is 9.97 Å². The van der Waals surface area contributed by atoms with Crippen LogP contribution in [0.3, 0.4) is 0 Å². The van der Waals surface area contributed by atoms with Gasteiger partial charge in [0.2, 0.25) is 0 Å². The zero-order valence-corrected chi connectivity index (χ0v) is 21.1. The van der Waals surface area contributed by atoms with Gasteiger partial charge in [0, 0.05) is 89.1 Å². The van der Waals surface area contributed by atoms with Gasteiger partial charge in [-0.25, -0.2) is 4.57 Å². The molecule has 0 radical (unpaired) electrons. The summed E-state index contributed by atoms with van der Waals surface area (Å²) < 4.78 is 4.91. The highest BCUT2D eigenvalue weighted by Crippen LogP contribution is 2.21. The van der Waals surface area contributed by atoms with Crippen molar-refractivity contribution in [1.82, 2.24) is 9.97 Å². The molecule has 4 aromatic rings. The van der Waals surface area contributed by atoms with Crippen LogP contribution in [0.15, 0.2) is 73.3 Å². The minimum Gasteiger partial charge on any atom is -0.265 e. The maximum atomic E-state index is 4.14. The molecular formula is C31H40N4+2. The van der Waals surface area contributed by atoms with Crippen LogP contribution in [0.4, 0.5) is 0 Å². The highest BCUT2D eigenvalue weighted by molar-refractivity contribution is 5.63. The van der Waals surface area contributed by atoms with Crippen LogP contribution >= 0.6 is 0 Å². The van der Waals surface area contributed by atoms with Gasteiger partial charge in [-0.05, 0) is 52.9 Å². The Labute approximate surface area is 211 Å². The topological polar surface area (TPSA) is 33.5 Å². The minimum absolute atomic E-state index is 0. The summed E-state index contributed by atoms with van der Waals surface area (Å²) in [6.07, 6.45) is 9.81. The maximum absolute atomic E-state index is 4.14. The largest absolute Gasteiger partial charge is 0.265 e. The lowest BCUT2D eigenvalue weighted by molar-refractivity contribution is -0.716. The molecular weight excluding hydrogens is 428 g/mol. The number of nitrogens with zero attached hydrogens (tertiary/aromatic N) is 4. The molecule has 0 aliphatic rings. The third kappa shape index (κ3) is 6.39. The Morgan fingerprint density at radius 3 is 1.46 bits per heavy atom. The van der Waals surface area contributed by atoms with Gasteiger partial charge in [0.15, 0.2) is 29.3 Å². The van der Waals surface area contributed by atoms with Crippen LogP contribution in [0.5, 0.6) is 0 Å². The van der Waals surface area contributed by atoms with Crippen molar-refractivity contribution in [2.24, 2.45) is 5.92 Å². The molecule has 1 unspecified atom stereocenters. The van der Waals surface area contributed by atoms with Crippen molar-refractivity contribution in [3.8, 4) is 22.3 Å². The Morgan fingerprint density at radius 1 is 0.629 bits per heavy atom. The Kier molecular flexibility index (Phi) is 8.86. The monoisotopic (exact) mass is 468 g/mol. The van der Waals surface area contributed by atoms with Gasteiger partial charge in [0.1, 0.15) is 6.54 Å². The van der Waals surface area contributed by atoms with Gasteiger partial charge in [-0.1, -0.05) is 14.4 Å². The van der Waals surface area contributed by atoms with Crippen LogP contribution in [0.2, 0.25) is 0 Å². The Morgan fingerprint density at radius 2 is 1.03 bits per heavy atom. The quantitative estimate of drug-likeness (QED) is 0.281. The molecule has 4 aromatic heterocycles. The summed E-state index contributed by atoms with van der Waals surface area (Å²) in [6, 6.07) is 17.5. The molecule has 0 aromatic carbocycles. The number of rotatable bonds is 8. The van der Waals surface area contributed by atoms with E-state index in [2.05, 4.69) is 102 Å². The second-order valence-electron chi connectivity index (χ2n) is 9.53. The molecule has 0 amide bonds. The molecule has 182 valence electrons. The maximum Gasteiger partial charge on any atom is 0.179 e. The first-order valence-corrected chi connectivity index (χ1v) is 12.3. The molecule has 0 aliphatic heterocycles. The Bertz CT molecular complexity index is 1200. The van der Waals surface area contributed by atoms with Crippen molar-refractivity contribution in [2.45, 2.75) is 68.0 Å². The summed E-state index contributed by atoms with van der Waals surface area (Å²) in [5, 5.41) is 0. The fourth-order valence-corrected chi connectivity index (χ4v) is 4.92. The van der Waals surface area contributed by atoms with Gasteiger partial charge < -0.3 is 0 Å². The molecule has 4 nitrogen and oxygen atoms in total. The van der Waals surface area contributed by atoms with Gasteiger partial charge in [0.25, 0.3) is 0 Å². The van der Waals surface area contributed by atoms with Crippen LogP contribution in [0.1, 0.15) is 50.0 Å². The fraction of sp³-hybridized carbons (Fsp3) is 0.355. The molecule has 0 bridgehead atoms. The normalized spacial score (nSPS) is 11.7. The molecule has 0 N–H and O–H groups in total. The van der Waals surface area contributed by atoms with Crippen LogP contribution < -0.4 is 9.13 Å². The Hall–Kier alpha value is -3.40. The molecule has 4 heterocycles. The molecule has 4 rings (SSSR count). The van der Waals surface area contributed by atoms with Crippen LogP contribution in [0.25, 0.3) is 22.3 Å². The van der Waals surface area contributed by atoms with Crippen molar-refractivity contribution < 1.29 is 9.13 Å². The second kappa shape index (κ2) is 11.8. The summed E-state index contributed by atoms with van der Waals surface area (Å²) in [7, 11) is 0. The third-order valence-corrected chi connectivity index (χ3v) is 6.76. The molecule has 35 heavy (non-hydrogen) atoms. The third-order valence-electron chi connectivity index (χ3n) is 6.76. The predicted molar refractivity (Wildman–Crippen MR) is 144 cm³/mol. The van der Waals surface area contributed by atoms with E-state index in [1.165, 1.54) is 57.9 Å². The van der Waals surface area contributed by atoms with Gasteiger partial charge in [0.05, 0.1) is 0 Å². The molecule has 4 heteroatoms. The lowest BCUT2D eigenvalue weighted by atomic mass is 10.0. The first kappa shape index (κ1) is 26.2. The highest BCUT2D eigenvalue weighted by Gasteiger charge is 2.19. The average Bonchev–Trinajstić information content (AvgIpc) is 2.84.